The third-order valence-corrected chi connectivity index (χ3v) is 10.8. The summed E-state index contributed by atoms with van der Waals surface area (Å²) in [6, 6.07) is 56.8. The van der Waals surface area contributed by atoms with Gasteiger partial charge in [0.2, 0.25) is 0 Å². The van der Waals surface area contributed by atoms with Crippen LogP contribution in [0.15, 0.2) is 158 Å². The predicted octanol–water partition coefficient (Wildman–Crippen LogP) is 11.9. The van der Waals surface area contributed by atoms with Gasteiger partial charge in [-0.1, -0.05) is 133 Å². The summed E-state index contributed by atoms with van der Waals surface area (Å²) in [5, 5.41) is 12.1. The largest absolute Gasteiger partial charge is 0.307 e. The molecule has 0 aliphatic heterocycles. The molecule has 12 aromatic rings. The molecule has 0 atom stereocenters. The maximum absolute atomic E-state index is 5.62. The van der Waals surface area contributed by atoms with Crippen molar-refractivity contribution in [3.05, 3.63) is 158 Å². The number of para-hydroxylation sites is 2. The predicted molar refractivity (Wildman–Crippen MR) is 209 cm³/mol. The van der Waals surface area contributed by atoms with Gasteiger partial charge in [-0.25, -0.2) is 9.97 Å². The van der Waals surface area contributed by atoms with Crippen molar-refractivity contribution >= 4 is 92.5 Å². The second-order valence-corrected chi connectivity index (χ2v) is 13.3. The zero-order valence-electron chi connectivity index (χ0n) is 26.8. The van der Waals surface area contributed by atoms with Gasteiger partial charge in [0.1, 0.15) is 5.69 Å². The van der Waals surface area contributed by atoms with E-state index in [0.717, 1.165) is 49.9 Å². The average molecular weight is 635 g/mol. The Morgan fingerprint density at radius 1 is 0.400 bits per heavy atom. The van der Waals surface area contributed by atoms with Gasteiger partial charge < -0.3 is 4.40 Å². The van der Waals surface area contributed by atoms with E-state index < -0.39 is 0 Å². The molecule has 8 aromatic carbocycles. The van der Waals surface area contributed by atoms with Crippen LogP contribution in [-0.2, 0) is 0 Å². The third kappa shape index (κ3) is 3.25. The van der Waals surface area contributed by atoms with Crippen LogP contribution in [0, 0.1) is 0 Å². The Morgan fingerprint density at radius 2 is 1.06 bits per heavy atom. The molecular formula is C46H26N4. The summed E-state index contributed by atoms with van der Waals surface area (Å²) < 4.78 is 4.92. The Hall–Kier alpha value is -6.78. The molecule has 0 spiro atoms. The van der Waals surface area contributed by atoms with Gasteiger partial charge in [0, 0.05) is 43.3 Å². The van der Waals surface area contributed by atoms with E-state index in [1.807, 2.05) is 0 Å². The Kier molecular flexibility index (Phi) is 4.94. The summed E-state index contributed by atoms with van der Waals surface area (Å²) in [6.45, 7) is 0. The average Bonchev–Trinajstić information content (AvgIpc) is 3.64. The van der Waals surface area contributed by atoms with Crippen LogP contribution in [-0.4, -0.2) is 18.9 Å². The van der Waals surface area contributed by atoms with Gasteiger partial charge in [-0.05, 0) is 40.4 Å². The molecule has 0 unspecified atom stereocenters. The van der Waals surface area contributed by atoms with Crippen molar-refractivity contribution in [3.8, 4) is 17.1 Å². The van der Waals surface area contributed by atoms with Crippen molar-refractivity contribution in [2.45, 2.75) is 0 Å². The first kappa shape index (κ1) is 26.2. The fourth-order valence-corrected chi connectivity index (χ4v) is 8.74. The van der Waals surface area contributed by atoms with Gasteiger partial charge in [0.05, 0.1) is 38.6 Å². The standard InChI is InChI=1S/C46H26N4/c1-2-13-28(14-3-1)42-46(48-43-30-16-6-4-12-27(30)24-25-36(43)47-42)49-38-23-11-19-33-35-21-10-20-34-32-18-8-9-22-37(32)50(44(34)35)45-31-17-7-5-15-29(31)26-39(49)41(45)40(33)38/h1-26H. The molecule has 4 heteroatoms. The van der Waals surface area contributed by atoms with Gasteiger partial charge >= 0.3 is 0 Å². The van der Waals surface area contributed by atoms with Crippen molar-refractivity contribution in [3.63, 3.8) is 0 Å². The van der Waals surface area contributed by atoms with Crippen molar-refractivity contribution < 1.29 is 0 Å². The van der Waals surface area contributed by atoms with Crippen LogP contribution in [0.2, 0.25) is 0 Å². The van der Waals surface area contributed by atoms with Gasteiger partial charge in [-0.3, -0.25) is 4.57 Å². The fraction of sp³-hybridized carbons (Fsp3) is 0. The van der Waals surface area contributed by atoms with Crippen LogP contribution in [0.3, 0.4) is 0 Å². The third-order valence-electron chi connectivity index (χ3n) is 10.8. The smallest absolute Gasteiger partial charge is 0.165 e. The van der Waals surface area contributed by atoms with E-state index in [4.69, 9.17) is 9.97 Å². The number of aromatic nitrogens is 4. The first-order valence-corrected chi connectivity index (χ1v) is 17.1. The van der Waals surface area contributed by atoms with Crippen LogP contribution in [0.25, 0.3) is 110 Å². The van der Waals surface area contributed by atoms with E-state index >= 15 is 0 Å². The first-order chi connectivity index (χ1) is 24.8. The zero-order chi connectivity index (χ0) is 32.5. The summed E-state index contributed by atoms with van der Waals surface area (Å²) in [7, 11) is 0. The Bertz CT molecular complexity index is 3370. The number of hydrogen-bond acceptors (Lipinski definition) is 2. The lowest BCUT2D eigenvalue weighted by atomic mass is 10.0. The maximum Gasteiger partial charge on any atom is 0.165 e. The van der Waals surface area contributed by atoms with E-state index in [1.165, 1.54) is 59.6 Å². The highest BCUT2D eigenvalue weighted by Gasteiger charge is 2.26. The minimum absolute atomic E-state index is 0.829. The highest BCUT2D eigenvalue weighted by atomic mass is 15.1. The number of rotatable bonds is 2. The molecule has 0 amide bonds. The van der Waals surface area contributed by atoms with Crippen LogP contribution in [0.1, 0.15) is 0 Å². The fourth-order valence-electron chi connectivity index (χ4n) is 8.74. The Balaban J connectivity index is 1.39. The van der Waals surface area contributed by atoms with Gasteiger partial charge in [0.25, 0.3) is 0 Å². The summed E-state index contributed by atoms with van der Waals surface area (Å²) >= 11 is 0. The summed E-state index contributed by atoms with van der Waals surface area (Å²) in [5.74, 6) is 0.829. The lowest BCUT2D eigenvalue weighted by Gasteiger charge is -2.15. The van der Waals surface area contributed by atoms with Crippen molar-refractivity contribution in [2.24, 2.45) is 0 Å². The molecule has 0 bridgehead atoms. The Labute approximate surface area is 285 Å². The van der Waals surface area contributed by atoms with E-state index in [-0.39, 0.29) is 0 Å². The molecule has 230 valence electrons. The van der Waals surface area contributed by atoms with E-state index in [9.17, 15) is 0 Å². The van der Waals surface area contributed by atoms with Gasteiger partial charge in [-0.15, -0.1) is 0 Å². The lowest BCUT2D eigenvalue weighted by molar-refractivity contribution is 1.08. The highest BCUT2D eigenvalue weighted by Crippen LogP contribution is 2.47. The monoisotopic (exact) mass is 634 g/mol. The minimum atomic E-state index is 0.829. The van der Waals surface area contributed by atoms with Crippen molar-refractivity contribution in [2.75, 3.05) is 0 Å². The maximum atomic E-state index is 5.62. The normalized spacial score (nSPS) is 12.4. The molecule has 0 aliphatic carbocycles. The molecule has 0 N–H and O–H groups in total. The van der Waals surface area contributed by atoms with E-state index in [1.54, 1.807) is 0 Å². The van der Waals surface area contributed by atoms with Crippen LogP contribution >= 0.6 is 0 Å². The van der Waals surface area contributed by atoms with Crippen LogP contribution in [0.4, 0.5) is 0 Å². The van der Waals surface area contributed by atoms with E-state index in [2.05, 4.69) is 167 Å². The first-order valence-electron chi connectivity index (χ1n) is 17.1. The molecule has 0 radical (unpaired) electrons. The molecule has 0 fully saturated rings. The van der Waals surface area contributed by atoms with E-state index in [0.29, 0.717) is 0 Å². The minimum Gasteiger partial charge on any atom is -0.307 e. The molecule has 0 aliphatic rings. The number of benzene rings is 8. The molecule has 4 aromatic heterocycles. The van der Waals surface area contributed by atoms with Crippen LogP contribution in [0.5, 0.6) is 0 Å². The lowest BCUT2D eigenvalue weighted by Crippen LogP contribution is -2.04. The molecule has 50 heavy (non-hydrogen) atoms. The topological polar surface area (TPSA) is 35.1 Å². The van der Waals surface area contributed by atoms with Gasteiger partial charge in [0.15, 0.2) is 5.82 Å². The molecule has 4 heterocycles. The zero-order valence-corrected chi connectivity index (χ0v) is 26.8. The summed E-state index contributed by atoms with van der Waals surface area (Å²) in [4.78, 5) is 11.0. The van der Waals surface area contributed by atoms with Gasteiger partial charge in [-0.2, -0.15) is 0 Å². The van der Waals surface area contributed by atoms with Crippen LogP contribution < -0.4 is 0 Å². The SMILES string of the molecule is c1ccc(-c2nc3ccc4ccccc4c3nc2-n2c3cccc4c5cccc6c7ccccc7n(c56)c5c6ccccc6cc2c5c43)cc1. The quantitative estimate of drug-likeness (QED) is 0.177. The Morgan fingerprint density at radius 3 is 1.94 bits per heavy atom. The molecule has 0 saturated carbocycles. The molecule has 4 nitrogen and oxygen atoms in total. The van der Waals surface area contributed by atoms with Crippen molar-refractivity contribution in [1.29, 1.82) is 0 Å². The number of hydrogen-bond donors (Lipinski definition) is 0. The second kappa shape index (κ2) is 9.43. The summed E-state index contributed by atoms with van der Waals surface area (Å²) in [6.07, 6.45) is 0. The molecular weight excluding hydrogens is 609 g/mol. The molecule has 12 rings (SSSR count). The number of nitrogens with zero attached hydrogens (tertiary/aromatic N) is 4. The number of fused-ring (bicyclic) bond motifs is 10. The summed E-state index contributed by atoms with van der Waals surface area (Å²) in [5.41, 5.74) is 9.60. The second-order valence-electron chi connectivity index (χ2n) is 13.3. The molecule has 0 saturated heterocycles. The highest BCUT2D eigenvalue weighted by molar-refractivity contribution is 6.34. The van der Waals surface area contributed by atoms with Crippen molar-refractivity contribution in [1.82, 2.24) is 18.9 Å².